The minimum absolute atomic E-state index is 0.00149. The fraction of sp³-hybridized carbons (Fsp3) is 0.393. The Labute approximate surface area is 212 Å². The minimum atomic E-state index is 0.00149. The van der Waals surface area contributed by atoms with E-state index in [1.807, 2.05) is 39.9 Å². The zero-order valence-electron chi connectivity index (χ0n) is 20.4. The summed E-state index contributed by atoms with van der Waals surface area (Å²) in [7, 11) is 0. The van der Waals surface area contributed by atoms with Crippen LogP contribution in [0.1, 0.15) is 54.9 Å². The van der Waals surface area contributed by atoms with Crippen LogP contribution in [0.4, 0.5) is 0 Å². The summed E-state index contributed by atoms with van der Waals surface area (Å²) in [4.78, 5) is 27.2. The number of benzene rings is 2. The first-order chi connectivity index (χ1) is 16.9. The highest BCUT2D eigenvalue weighted by Gasteiger charge is 2.25. The van der Waals surface area contributed by atoms with E-state index in [0.717, 1.165) is 36.3 Å². The van der Waals surface area contributed by atoms with Crippen LogP contribution in [0.15, 0.2) is 60.7 Å². The summed E-state index contributed by atoms with van der Waals surface area (Å²) < 4.78 is 1.98. The number of aromatic nitrogens is 2. The molecule has 0 spiro atoms. The fourth-order valence-electron chi connectivity index (χ4n) is 4.59. The first-order valence-electron chi connectivity index (χ1n) is 12.3. The Kier molecular flexibility index (Phi) is 8.24. The third kappa shape index (κ3) is 6.73. The van der Waals surface area contributed by atoms with Crippen LogP contribution < -0.4 is 5.32 Å². The molecule has 0 unspecified atom stereocenters. The second-order valence-electron chi connectivity index (χ2n) is 9.70. The lowest BCUT2D eigenvalue weighted by molar-refractivity contribution is -0.122. The SMILES string of the molecule is CC(C)Cc1cc(CNC(=O)CC2CCN(C(=O)c3cccc(Cl)c3)CC2)nn1-c1ccccc1. The summed E-state index contributed by atoms with van der Waals surface area (Å²) in [6.45, 7) is 6.11. The van der Waals surface area contributed by atoms with Gasteiger partial charge in [-0.1, -0.05) is 49.7 Å². The molecule has 0 bridgehead atoms. The van der Waals surface area contributed by atoms with Gasteiger partial charge < -0.3 is 10.2 Å². The van der Waals surface area contributed by atoms with Crippen LogP contribution in [-0.4, -0.2) is 39.6 Å². The van der Waals surface area contributed by atoms with Crippen molar-refractivity contribution < 1.29 is 9.59 Å². The average molecular weight is 493 g/mol. The monoisotopic (exact) mass is 492 g/mol. The van der Waals surface area contributed by atoms with Gasteiger partial charge in [0.15, 0.2) is 0 Å². The summed E-state index contributed by atoms with van der Waals surface area (Å²) in [6.07, 6.45) is 3.03. The van der Waals surface area contributed by atoms with Crippen molar-refractivity contribution in [1.29, 1.82) is 0 Å². The van der Waals surface area contributed by atoms with Gasteiger partial charge in [0.25, 0.3) is 5.91 Å². The lowest BCUT2D eigenvalue weighted by atomic mass is 9.93. The molecule has 3 aromatic rings. The summed E-state index contributed by atoms with van der Waals surface area (Å²) in [5, 5.41) is 8.37. The van der Waals surface area contributed by atoms with Crippen molar-refractivity contribution >= 4 is 23.4 Å². The highest BCUT2D eigenvalue weighted by molar-refractivity contribution is 6.30. The van der Waals surface area contributed by atoms with Gasteiger partial charge in [0.1, 0.15) is 0 Å². The number of rotatable bonds is 8. The number of nitrogens with one attached hydrogen (secondary N) is 1. The predicted molar refractivity (Wildman–Crippen MR) is 139 cm³/mol. The van der Waals surface area contributed by atoms with Gasteiger partial charge in [0.2, 0.25) is 5.91 Å². The zero-order valence-corrected chi connectivity index (χ0v) is 21.2. The number of carbonyl (C=O) groups excluding carboxylic acids is 2. The molecule has 6 nitrogen and oxygen atoms in total. The third-order valence-corrected chi connectivity index (χ3v) is 6.60. The van der Waals surface area contributed by atoms with E-state index in [1.165, 1.54) is 0 Å². The molecule has 1 aliphatic rings. The summed E-state index contributed by atoms with van der Waals surface area (Å²) in [5.41, 5.74) is 3.65. The highest BCUT2D eigenvalue weighted by Crippen LogP contribution is 2.23. The second-order valence-corrected chi connectivity index (χ2v) is 10.1. The van der Waals surface area contributed by atoms with E-state index in [4.69, 9.17) is 16.7 Å². The lowest BCUT2D eigenvalue weighted by Crippen LogP contribution is -2.39. The molecule has 0 saturated carbocycles. The Morgan fingerprint density at radius 2 is 1.80 bits per heavy atom. The van der Waals surface area contributed by atoms with E-state index < -0.39 is 0 Å². The molecule has 2 aromatic carbocycles. The Balaban J connectivity index is 1.28. The number of nitrogens with zero attached hydrogens (tertiary/aromatic N) is 3. The third-order valence-electron chi connectivity index (χ3n) is 6.37. The van der Waals surface area contributed by atoms with E-state index in [0.29, 0.717) is 42.6 Å². The van der Waals surface area contributed by atoms with Crippen molar-refractivity contribution in [3.05, 3.63) is 82.6 Å². The van der Waals surface area contributed by atoms with E-state index >= 15 is 0 Å². The van der Waals surface area contributed by atoms with Gasteiger partial charge in [-0.3, -0.25) is 9.59 Å². The van der Waals surface area contributed by atoms with Gasteiger partial charge >= 0.3 is 0 Å². The van der Waals surface area contributed by atoms with E-state index in [2.05, 4.69) is 25.2 Å². The van der Waals surface area contributed by atoms with Crippen molar-refractivity contribution in [2.24, 2.45) is 11.8 Å². The smallest absolute Gasteiger partial charge is 0.253 e. The van der Waals surface area contributed by atoms with E-state index in [1.54, 1.807) is 24.3 Å². The number of hydrogen-bond acceptors (Lipinski definition) is 3. The van der Waals surface area contributed by atoms with Crippen molar-refractivity contribution in [1.82, 2.24) is 20.0 Å². The molecule has 7 heteroatoms. The maximum absolute atomic E-state index is 12.7. The summed E-state index contributed by atoms with van der Waals surface area (Å²) in [5.74, 6) is 0.816. The van der Waals surface area contributed by atoms with Crippen LogP contribution in [0.25, 0.3) is 5.69 Å². The Morgan fingerprint density at radius 1 is 1.06 bits per heavy atom. The van der Waals surface area contributed by atoms with Gasteiger partial charge in [-0.25, -0.2) is 4.68 Å². The molecular formula is C28H33ClN4O2. The molecule has 1 aromatic heterocycles. The van der Waals surface area contributed by atoms with Gasteiger partial charge in [0, 0.05) is 35.8 Å². The first kappa shape index (κ1) is 25.0. The molecule has 2 amide bonds. The van der Waals surface area contributed by atoms with Crippen molar-refractivity contribution in [3.8, 4) is 5.69 Å². The highest BCUT2D eigenvalue weighted by atomic mass is 35.5. The van der Waals surface area contributed by atoms with Crippen LogP contribution in [0.3, 0.4) is 0 Å². The van der Waals surface area contributed by atoms with Gasteiger partial charge in [-0.15, -0.1) is 0 Å². The summed E-state index contributed by atoms with van der Waals surface area (Å²) >= 11 is 6.02. The van der Waals surface area contributed by atoms with E-state index in [9.17, 15) is 9.59 Å². The Bertz CT molecular complexity index is 1150. The van der Waals surface area contributed by atoms with E-state index in [-0.39, 0.29) is 17.7 Å². The number of para-hydroxylation sites is 1. The molecule has 0 atom stereocenters. The normalized spacial score (nSPS) is 14.3. The van der Waals surface area contributed by atoms with Gasteiger partial charge in [0.05, 0.1) is 17.9 Å². The Hall–Kier alpha value is -3.12. The number of halogens is 1. The molecular weight excluding hydrogens is 460 g/mol. The molecule has 0 aliphatic carbocycles. The Morgan fingerprint density at radius 3 is 2.49 bits per heavy atom. The van der Waals surface area contributed by atoms with Crippen LogP contribution >= 0.6 is 11.6 Å². The number of carbonyl (C=O) groups is 2. The molecule has 1 aliphatic heterocycles. The molecule has 0 radical (unpaired) electrons. The molecule has 2 heterocycles. The number of hydrogen-bond donors (Lipinski definition) is 1. The quantitative estimate of drug-likeness (QED) is 0.465. The van der Waals surface area contributed by atoms with Gasteiger partial charge in [-0.05, 0) is 67.5 Å². The molecule has 4 rings (SSSR count). The van der Waals surface area contributed by atoms with Crippen LogP contribution in [0.5, 0.6) is 0 Å². The summed E-state index contributed by atoms with van der Waals surface area (Å²) in [6, 6.07) is 19.2. The van der Waals surface area contributed by atoms with Crippen molar-refractivity contribution in [3.63, 3.8) is 0 Å². The minimum Gasteiger partial charge on any atom is -0.350 e. The topological polar surface area (TPSA) is 67.2 Å². The first-order valence-corrected chi connectivity index (χ1v) is 12.7. The number of likely N-dealkylation sites (tertiary alicyclic amines) is 1. The molecule has 1 fully saturated rings. The maximum Gasteiger partial charge on any atom is 0.253 e. The largest absolute Gasteiger partial charge is 0.350 e. The molecule has 184 valence electrons. The lowest BCUT2D eigenvalue weighted by Gasteiger charge is -2.31. The van der Waals surface area contributed by atoms with Crippen molar-refractivity contribution in [2.45, 2.75) is 46.1 Å². The van der Waals surface area contributed by atoms with Crippen LogP contribution in [0, 0.1) is 11.8 Å². The number of amides is 2. The second kappa shape index (κ2) is 11.5. The fourth-order valence-corrected chi connectivity index (χ4v) is 4.78. The van der Waals surface area contributed by atoms with Crippen LogP contribution in [0.2, 0.25) is 5.02 Å². The molecule has 1 saturated heterocycles. The van der Waals surface area contributed by atoms with Crippen molar-refractivity contribution in [2.75, 3.05) is 13.1 Å². The maximum atomic E-state index is 12.7. The standard InChI is InChI=1S/C28H33ClN4O2/c1-20(2)15-26-18-24(31-33(26)25-9-4-3-5-10-25)19-30-27(34)16-21-11-13-32(14-12-21)28(35)22-7-6-8-23(29)17-22/h3-10,17-18,20-21H,11-16,19H2,1-2H3,(H,30,34). The molecule has 1 N–H and O–H groups in total. The average Bonchev–Trinajstić information content (AvgIpc) is 3.25. The number of piperidine rings is 1. The van der Waals surface area contributed by atoms with Gasteiger partial charge in [-0.2, -0.15) is 5.10 Å². The van der Waals surface area contributed by atoms with Crippen LogP contribution in [-0.2, 0) is 17.8 Å². The molecule has 35 heavy (non-hydrogen) atoms. The zero-order chi connectivity index (χ0) is 24.8. The predicted octanol–water partition coefficient (Wildman–Crippen LogP) is 5.28.